The summed E-state index contributed by atoms with van der Waals surface area (Å²) in [6, 6.07) is -0.238. The Labute approximate surface area is 95.7 Å². The predicted octanol–water partition coefficient (Wildman–Crippen LogP) is 0.182. The number of ether oxygens (including phenoxy) is 1. The third-order valence-electron chi connectivity index (χ3n) is 3.00. The Morgan fingerprint density at radius 2 is 2.19 bits per heavy atom. The van der Waals surface area contributed by atoms with Crippen LogP contribution < -0.4 is 11.1 Å². The van der Waals surface area contributed by atoms with Crippen LogP contribution in [0.25, 0.3) is 0 Å². The van der Waals surface area contributed by atoms with Crippen molar-refractivity contribution < 1.29 is 14.3 Å². The molecule has 1 rings (SSSR count). The van der Waals surface area contributed by atoms with Gasteiger partial charge < -0.3 is 15.8 Å². The molecule has 0 heterocycles. The normalized spacial score (nSPS) is 26.2. The quantitative estimate of drug-likeness (QED) is 0.673. The number of hydrogen-bond donors (Lipinski definition) is 2. The van der Waals surface area contributed by atoms with E-state index in [2.05, 4.69) is 10.1 Å². The van der Waals surface area contributed by atoms with Crippen molar-refractivity contribution in [2.24, 2.45) is 11.7 Å². The number of nitrogens with one attached hydrogen (secondary N) is 1. The van der Waals surface area contributed by atoms with Crippen molar-refractivity contribution in [3.05, 3.63) is 0 Å². The smallest absolute Gasteiger partial charge is 0.307 e. The molecule has 0 aliphatic heterocycles. The number of amides is 1. The molecule has 92 valence electrons. The van der Waals surface area contributed by atoms with E-state index in [1.165, 1.54) is 7.11 Å². The van der Waals surface area contributed by atoms with Gasteiger partial charge in [-0.25, -0.2) is 0 Å². The zero-order valence-corrected chi connectivity index (χ0v) is 9.86. The van der Waals surface area contributed by atoms with E-state index in [1.807, 2.05) is 0 Å². The van der Waals surface area contributed by atoms with Gasteiger partial charge in [0, 0.05) is 12.1 Å². The van der Waals surface area contributed by atoms with E-state index in [0.29, 0.717) is 0 Å². The van der Waals surface area contributed by atoms with E-state index in [1.54, 1.807) is 6.92 Å². The lowest BCUT2D eigenvalue weighted by Crippen LogP contribution is -2.43. The van der Waals surface area contributed by atoms with Gasteiger partial charge in [-0.05, 0) is 19.8 Å². The van der Waals surface area contributed by atoms with Crippen LogP contribution in [0.2, 0.25) is 0 Å². The van der Waals surface area contributed by atoms with Crippen LogP contribution in [0.5, 0.6) is 0 Å². The first-order valence-electron chi connectivity index (χ1n) is 5.67. The van der Waals surface area contributed by atoms with Gasteiger partial charge in [0.2, 0.25) is 5.91 Å². The minimum Gasteiger partial charge on any atom is -0.469 e. The molecule has 0 saturated heterocycles. The predicted molar refractivity (Wildman–Crippen MR) is 59.6 cm³/mol. The first-order valence-corrected chi connectivity index (χ1v) is 5.67. The molecule has 0 radical (unpaired) electrons. The van der Waals surface area contributed by atoms with E-state index >= 15 is 0 Å². The summed E-state index contributed by atoms with van der Waals surface area (Å²) >= 11 is 0. The maximum Gasteiger partial charge on any atom is 0.307 e. The summed E-state index contributed by atoms with van der Waals surface area (Å²) in [6.45, 7) is 1.79. The van der Waals surface area contributed by atoms with Crippen LogP contribution in [-0.2, 0) is 14.3 Å². The fraction of sp³-hybridized carbons (Fsp3) is 0.818. The average molecular weight is 228 g/mol. The maximum absolute atomic E-state index is 11.8. The van der Waals surface area contributed by atoms with E-state index in [0.717, 1.165) is 19.3 Å². The summed E-state index contributed by atoms with van der Waals surface area (Å²) in [7, 11) is 1.34. The van der Waals surface area contributed by atoms with Crippen LogP contribution in [0.1, 0.15) is 32.6 Å². The second kappa shape index (κ2) is 5.84. The van der Waals surface area contributed by atoms with E-state index < -0.39 is 0 Å². The van der Waals surface area contributed by atoms with Crippen molar-refractivity contribution in [3.8, 4) is 0 Å². The Bertz CT molecular complexity index is 268. The van der Waals surface area contributed by atoms with Crippen LogP contribution in [0.3, 0.4) is 0 Å². The highest BCUT2D eigenvalue weighted by Gasteiger charge is 2.30. The number of esters is 1. The van der Waals surface area contributed by atoms with Gasteiger partial charge in [-0.1, -0.05) is 6.42 Å². The van der Waals surface area contributed by atoms with Gasteiger partial charge in [0.15, 0.2) is 0 Å². The van der Waals surface area contributed by atoms with Gasteiger partial charge in [0.05, 0.1) is 19.4 Å². The zero-order valence-electron chi connectivity index (χ0n) is 9.86. The van der Waals surface area contributed by atoms with Crippen molar-refractivity contribution >= 4 is 11.9 Å². The standard InChI is InChI=1S/C11H20N2O3/c1-7(6-10(14)16-2)13-11(15)8-4-3-5-9(8)12/h7-9H,3-6,12H2,1-2H3,(H,13,15). The molecule has 3 atom stereocenters. The topological polar surface area (TPSA) is 81.4 Å². The largest absolute Gasteiger partial charge is 0.469 e. The van der Waals surface area contributed by atoms with Crippen molar-refractivity contribution in [3.63, 3.8) is 0 Å². The minimum atomic E-state index is -0.316. The number of carbonyl (C=O) groups excluding carboxylic acids is 2. The second-order valence-electron chi connectivity index (χ2n) is 4.39. The summed E-state index contributed by atoms with van der Waals surface area (Å²) in [4.78, 5) is 22.8. The Morgan fingerprint density at radius 3 is 2.69 bits per heavy atom. The summed E-state index contributed by atoms with van der Waals surface area (Å²) < 4.78 is 4.53. The lowest BCUT2D eigenvalue weighted by atomic mass is 10.0. The van der Waals surface area contributed by atoms with Crippen molar-refractivity contribution in [1.82, 2.24) is 5.32 Å². The fourth-order valence-corrected chi connectivity index (χ4v) is 2.05. The Kier molecular flexibility index (Phi) is 4.73. The fourth-order valence-electron chi connectivity index (χ4n) is 2.05. The molecule has 16 heavy (non-hydrogen) atoms. The third-order valence-corrected chi connectivity index (χ3v) is 3.00. The maximum atomic E-state index is 11.8. The van der Waals surface area contributed by atoms with Gasteiger partial charge in [-0.3, -0.25) is 9.59 Å². The Hall–Kier alpha value is -1.10. The Morgan fingerprint density at radius 1 is 1.50 bits per heavy atom. The van der Waals surface area contributed by atoms with Crippen molar-refractivity contribution in [2.75, 3.05) is 7.11 Å². The Balaban J connectivity index is 2.35. The van der Waals surface area contributed by atoms with Gasteiger partial charge in [-0.2, -0.15) is 0 Å². The molecule has 5 nitrogen and oxygen atoms in total. The number of carbonyl (C=O) groups is 2. The number of nitrogens with two attached hydrogens (primary N) is 1. The van der Waals surface area contributed by atoms with Crippen LogP contribution in [-0.4, -0.2) is 31.1 Å². The van der Waals surface area contributed by atoms with Crippen LogP contribution in [0.4, 0.5) is 0 Å². The van der Waals surface area contributed by atoms with Crippen LogP contribution in [0, 0.1) is 5.92 Å². The first kappa shape index (κ1) is 13.0. The summed E-state index contributed by atoms with van der Waals surface area (Å²) in [5, 5.41) is 2.80. The van der Waals surface area contributed by atoms with E-state index in [-0.39, 0.29) is 36.3 Å². The molecule has 1 amide bonds. The molecular weight excluding hydrogens is 208 g/mol. The van der Waals surface area contributed by atoms with Gasteiger partial charge >= 0.3 is 5.97 Å². The highest BCUT2D eigenvalue weighted by Crippen LogP contribution is 2.24. The lowest BCUT2D eigenvalue weighted by Gasteiger charge is -2.18. The zero-order chi connectivity index (χ0) is 12.1. The van der Waals surface area contributed by atoms with Gasteiger partial charge in [-0.15, -0.1) is 0 Å². The molecule has 1 fully saturated rings. The number of hydrogen-bond acceptors (Lipinski definition) is 4. The summed E-state index contributed by atoms with van der Waals surface area (Å²) in [5.41, 5.74) is 5.83. The number of rotatable bonds is 4. The molecule has 0 aromatic carbocycles. The molecule has 3 unspecified atom stereocenters. The molecule has 1 aliphatic rings. The van der Waals surface area contributed by atoms with Crippen LogP contribution in [0.15, 0.2) is 0 Å². The molecular formula is C11H20N2O3. The summed E-state index contributed by atoms with van der Waals surface area (Å²) in [6.07, 6.45) is 2.95. The minimum absolute atomic E-state index is 0.0367. The second-order valence-corrected chi connectivity index (χ2v) is 4.39. The summed E-state index contributed by atoms with van der Waals surface area (Å²) in [5.74, 6) is -0.454. The highest BCUT2D eigenvalue weighted by atomic mass is 16.5. The van der Waals surface area contributed by atoms with Crippen LogP contribution >= 0.6 is 0 Å². The highest BCUT2D eigenvalue weighted by molar-refractivity contribution is 5.80. The molecule has 3 N–H and O–H groups in total. The third kappa shape index (κ3) is 3.48. The molecule has 1 saturated carbocycles. The molecule has 5 heteroatoms. The average Bonchev–Trinajstić information content (AvgIpc) is 2.63. The molecule has 0 aromatic heterocycles. The molecule has 1 aliphatic carbocycles. The lowest BCUT2D eigenvalue weighted by molar-refractivity contribution is -0.141. The van der Waals surface area contributed by atoms with Gasteiger partial charge in [0.25, 0.3) is 0 Å². The van der Waals surface area contributed by atoms with Crippen molar-refractivity contribution in [1.29, 1.82) is 0 Å². The molecule has 0 bridgehead atoms. The van der Waals surface area contributed by atoms with Gasteiger partial charge in [0.1, 0.15) is 0 Å². The first-order chi connectivity index (χ1) is 7.54. The number of methoxy groups -OCH3 is 1. The molecule has 0 spiro atoms. The van der Waals surface area contributed by atoms with E-state index in [4.69, 9.17) is 5.73 Å². The SMILES string of the molecule is COC(=O)CC(C)NC(=O)C1CCCC1N. The van der Waals surface area contributed by atoms with E-state index in [9.17, 15) is 9.59 Å². The van der Waals surface area contributed by atoms with Crippen molar-refractivity contribution in [2.45, 2.75) is 44.7 Å². The monoisotopic (exact) mass is 228 g/mol. The molecule has 0 aromatic rings.